The largest absolute Gasteiger partial charge is 0.463 e. The van der Waals surface area contributed by atoms with Crippen molar-refractivity contribution in [3.05, 3.63) is 54.0 Å². The zero-order chi connectivity index (χ0) is 18.4. The van der Waals surface area contributed by atoms with Gasteiger partial charge in [-0.1, -0.05) is 41.6 Å². The molecule has 3 aromatic rings. The third kappa shape index (κ3) is 4.40. The Labute approximate surface area is 155 Å². The normalized spacial score (nSPS) is 11.2. The van der Waals surface area contributed by atoms with Crippen LogP contribution in [0, 0.1) is 6.92 Å². The number of furan rings is 1. The van der Waals surface area contributed by atoms with E-state index in [-0.39, 0.29) is 11.7 Å². The second-order valence-corrected chi connectivity index (χ2v) is 6.46. The Morgan fingerprint density at radius 2 is 2.12 bits per heavy atom. The summed E-state index contributed by atoms with van der Waals surface area (Å²) < 4.78 is 7.09. The Bertz CT molecular complexity index is 885. The number of aryl methyl sites for hydroxylation is 1. The molecule has 26 heavy (non-hydrogen) atoms. The van der Waals surface area contributed by atoms with E-state index in [2.05, 4.69) is 20.7 Å². The lowest BCUT2D eigenvalue weighted by molar-refractivity contribution is -0.118. The molecule has 1 amide bonds. The van der Waals surface area contributed by atoms with Crippen LogP contribution in [0.25, 0.3) is 11.4 Å². The van der Waals surface area contributed by atoms with E-state index in [1.807, 2.05) is 42.7 Å². The molecule has 0 saturated heterocycles. The second-order valence-electron chi connectivity index (χ2n) is 5.51. The Morgan fingerprint density at radius 3 is 2.81 bits per heavy atom. The molecule has 1 N–H and O–H groups in total. The minimum absolute atomic E-state index is 0.196. The van der Waals surface area contributed by atoms with E-state index in [0.29, 0.717) is 10.9 Å². The van der Waals surface area contributed by atoms with Crippen LogP contribution in [-0.4, -0.2) is 32.6 Å². The number of carbonyl (C=O) groups excluding carboxylic acids is 1. The number of hydrazone groups is 1. The van der Waals surface area contributed by atoms with Crippen molar-refractivity contribution in [3.8, 4) is 11.4 Å². The van der Waals surface area contributed by atoms with E-state index >= 15 is 0 Å². The van der Waals surface area contributed by atoms with Gasteiger partial charge >= 0.3 is 0 Å². The number of rotatable bonds is 7. The number of nitrogens with zero attached hydrogens (tertiary/aromatic N) is 4. The van der Waals surface area contributed by atoms with Crippen molar-refractivity contribution in [2.45, 2.75) is 25.5 Å². The molecular weight excluding hydrogens is 350 g/mol. The molecule has 0 aliphatic rings. The average molecular weight is 369 g/mol. The van der Waals surface area contributed by atoms with Gasteiger partial charge in [0.25, 0.3) is 5.91 Å². The van der Waals surface area contributed by atoms with E-state index in [4.69, 9.17) is 4.42 Å². The van der Waals surface area contributed by atoms with E-state index in [1.54, 1.807) is 18.4 Å². The van der Waals surface area contributed by atoms with Gasteiger partial charge in [-0.15, -0.1) is 10.2 Å². The SMILES string of the molecule is CCn1c(SCC(=O)NN=Cc2ccco2)nnc1-c1ccc(C)cc1. The Kier molecular flexibility index (Phi) is 5.85. The highest BCUT2D eigenvalue weighted by molar-refractivity contribution is 7.99. The third-order valence-electron chi connectivity index (χ3n) is 3.60. The summed E-state index contributed by atoms with van der Waals surface area (Å²) in [5.74, 6) is 1.35. The second kappa shape index (κ2) is 8.48. The van der Waals surface area contributed by atoms with Crippen molar-refractivity contribution in [3.63, 3.8) is 0 Å². The highest BCUT2D eigenvalue weighted by Gasteiger charge is 2.14. The molecule has 0 aliphatic carbocycles. The topological polar surface area (TPSA) is 85.3 Å². The molecule has 0 aliphatic heterocycles. The highest BCUT2D eigenvalue weighted by Crippen LogP contribution is 2.24. The molecule has 0 unspecified atom stereocenters. The van der Waals surface area contributed by atoms with Crippen molar-refractivity contribution in [1.29, 1.82) is 0 Å². The lowest BCUT2D eigenvalue weighted by Crippen LogP contribution is -2.20. The van der Waals surface area contributed by atoms with Crippen LogP contribution in [0.3, 0.4) is 0 Å². The number of benzene rings is 1. The minimum Gasteiger partial charge on any atom is -0.463 e. The Balaban J connectivity index is 1.61. The number of hydrogen-bond acceptors (Lipinski definition) is 6. The van der Waals surface area contributed by atoms with Crippen molar-refractivity contribution >= 4 is 23.9 Å². The summed E-state index contributed by atoms with van der Waals surface area (Å²) in [5.41, 5.74) is 4.66. The van der Waals surface area contributed by atoms with E-state index in [1.165, 1.54) is 23.5 Å². The number of thioether (sulfide) groups is 1. The van der Waals surface area contributed by atoms with Crippen molar-refractivity contribution in [2.75, 3.05) is 5.75 Å². The van der Waals surface area contributed by atoms with Gasteiger partial charge in [0.05, 0.1) is 18.2 Å². The maximum atomic E-state index is 11.9. The predicted molar refractivity (Wildman–Crippen MR) is 101 cm³/mol. The maximum absolute atomic E-state index is 11.9. The van der Waals surface area contributed by atoms with Gasteiger partial charge in [0.15, 0.2) is 11.0 Å². The first-order chi connectivity index (χ1) is 12.7. The van der Waals surface area contributed by atoms with Crippen LogP contribution >= 0.6 is 11.8 Å². The highest BCUT2D eigenvalue weighted by atomic mass is 32.2. The fraction of sp³-hybridized carbons (Fsp3) is 0.222. The molecule has 3 rings (SSSR count). The van der Waals surface area contributed by atoms with Crippen LogP contribution in [0.2, 0.25) is 0 Å². The van der Waals surface area contributed by atoms with Gasteiger partial charge in [-0.05, 0) is 26.0 Å². The summed E-state index contributed by atoms with van der Waals surface area (Å²) >= 11 is 1.33. The Hall–Kier alpha value is -2.87. The molecule has 2 aromatic heterocycles. The van der Waals surface area contributed by atoms with Gasteiger partial charge < -0.3 is 8.98 Å². The summed E-state index contributed by atoms with van der Waals surface area (Å²) in [7, 11) is 0. The first kappa shape index (κ1) is 17.9. The summed E-state index contributed by atoms with van der Waals surface area (Å²) in [5, 5.41) is 13.1. The van der Waals surface area contributed by atoms with E-state index < -0.39 is 0 Å². The van der Waals surface area contributed by atoms with Crippen LogP contribution in [-0.2, 0) is 11.3 Å². The molecule has 2 heterocycles. The predicted octanol–water partition coefficient (Wildman–Crippen LogP) is 3.11. The molecule has 0 atom stereocenters. The number of hydrogen-bond donors (Lipinski definition) is 1. The maximum Gasteiger partial charge on any atom is 0.250 e. The van der Waals surface area contributed by atoms with Crippen molar-refractivity contribution in [2.24, 2.45) is 5.10 Å². The third-order valence-corrected chi connectivity index (χ3v) is 4.57. The first-order valence-corrected chi connectivity index (χ1v) is 9.14. The van der Waals surface area contributed by atoms with Crippen LogP contribution < -0.4 is 5.43 Å². The fourth-order valence-electron chi connectivity index (χ4n) is 2.29. The molecule has 7 nitrogen and oxygen atoms in total. The standard InChI is InChI=1S/C18H19N5O2S/c1-3-23-17(14-8-6-13(2)7-9-14)21-22-18(23)26-12-16(24)20-19-11-15-5-4-10-25-15/h4-11H,3,12H2,1-2H3,(H,20,24). The zero-order valence-corrected chi connectivity index (χ0v) is 15.4. The van der Waals surface area contributed by atoms with Gasteiger partial charge in [-0.25, -0.2) is 5.43 Å². The molecule has 134 valence electrons. The average Bonchev–Trinajstić information content (AvgIpc) is 3.30. The molecule has 0 spiro atoms. The molecule has 0 saturated carbocycles. The zero-order valence-electron chi connectivity index (χ0n) is 14.5. The minimum atomic E-state index is -0.222. The first-order valence-electron chi connectivity index (χ1n) is 8.16. The summed E-state index contributed by atoms with van der Waals surface area (Å²) in [6.45, 7) is 4.79. The van der Waals surface area contributed by atoms with Gasteiger partial charge in [-0.2, -0.15) is 5.10 Å². The Morgan fingerprint density at radius 1 is 1.31 bits per heavy atom. The lowest BCUT2D eigenvalue weighted by atomic mass is 10.1. The van der Waals surface area contributed by atoms with Crippen LogP contribution in [0.5, 0.6) is 0 Å². The number of nitrogens with one attached hydrogen (secondary N) is 1. The molecule has 1 aromatic carbocycles. The number of amides is 1. The smallest absolute Gasteiger partial charge is 0.250 e. The van der Waals surface area contributed by atoms with E-state index in [9.17, 15) is 4.79 Å². The van der Waals surface area contributed by atoms with Gasteiger partial charge in [0.2, 0.25) is 0 Å². The molecule has 0 bridgehead atoms. The monoisotopic (exact) mass is 369 g/mol. The fourth-order valence-corrected chi connectivity index (χ4v) is 3.09. The summed E-state index contributed by atoms with van der Waals surface area (Å²) in [4.78, 5) is 11.9. The van der Waals surface area contributed by atoms with Gasteiger partial charge in [-0.3, -0.25) is 4.79 Å². The lowest BCUT2D eigenvalue weighted by Gasteiger charge is -2.07. The molecular formula is C18H19N5O2S. The summed E-state index contributed by atoms with van der Waals surface area (Å²) in [6.07, 6.45) is 2.99. The van der Waals surface area contributed by atoms with Gasteiger partial charge in [0.1, 0.15) is 5.76 Å². The number of carbonyl (C=O) groups is 1. The quantitative estimate of drug-likeness (QED) is 0.393. The molecule has 8 heteroatoms. The van der Waals surface area contributed by atoms with Crippen molar-refractivity contribution < 1.29 is 9.21 Å². The number of aromatic nitrogens is 3. The van der Waals surface area contributed by atoms with Crippen molar-refractivity contribution in [1.82, 2.24) is 20.2 Å². The summed E-state index contributed by atoms with van der Waals surface area (Å²) in [6, 6.07) is 11.6. The molecule has 0 radical (unpaired) electrons. The van der Waals surface area contributed by atoms with Crippen LogP contribution in [0.1, 0.15) is 18.2 Å². The van der Waals surface area contributed by atoms with Crippen LogP contribution in [0.4, 0.5) is 0 Å². The molecule has 0 fully saturated rings. The van der Waals surface area contributed by atoms with Crippen LogP contribution in [0.15, 0.2) is 57.3 Å². The van der Waals surface area contributed by atoms with Gasteiger partial charge in [0, 0.05) is 12.1 Å². The van der Waals surface area contributed by atoms with E-state index in [0.717, 1.165) is 17.9 Å².